The molecule has 1 aliphatic heterocycles. The van der Waals surface area contributed by atoms with Gasteiger partial charge in [-0.25, -0.2) is 4.79 Å². The predicted molar refractivity (Wildman–Crippen MR) is 46.5 cm³/mol. The molecule has 0 spiro atoms. The van der Waals surface area contributed by atoms with Gasteiger partial charge in [0.25, 0.3) is 0 Å². The van der Waals surface area contributed by atoms with E-state index in [4.69, 9.17) is 14.2 Å². The van der Waals surface area contributed by atoms with Gasteiger partial charge in [-0.15, -0.1) is 0 Å². The minimum Gasteiger partial charge on any atom is -0.434 e. The fourth-order valence-corrected chi connectivity index (χ4v) is 0.788. The van der Waals surface area contributed by atoms with Crippen LogP contribution in [0, 0.1) is 0 Å². The molecule has 0 aromatic rings. The zero-order valence-electron chi connectivity index (χ0n) is 8.33. The fraction of sp³-hybridized carbons (Fsp3) is 0.889. The lowest BCUT2D eigenvalue weighted by Crippen LogP contribution is -2.24. The smallest absolute Gasteiger partial charge is 0.434 e. The fourth-order valence-electron chi connectivity index (χ4n) is 0.788. The summed E-state index contributed by atoms with van der Waals surface area (Å²) in [5, 5.41) is 0. The van der Waals surface area contributed by atoms with Gasteiger partial charge in [0.1, 0.15) is 5.60 Å². The van der Waals surface area contributed by atoms with E-state index in [2.05, 4.69) is 0 Å². The van der Waals surface area contributed by atoms with Crippen LogP contribution in [0.25, 0.3) is 0 Å². The van der Waals surface area contributed by atoms with E-state index in [0.29, 0.717) is 12.7 Å². The van der Waals surface area contributed by atoms with E-state index in [1.165, 1.54) is 0 Å². The highest BCUT2D eigenvalue weighted by Gasteiger charge is 2.23. The Labute approximate surface area is 78.2 Å². The summed E-state index contributed by atoms with van der Waals surface area (Å²) in [7, 11) is 0. The van der Waals surface area contributed by atoms with Crippen molar-refractivity contribution >= 4 is 6.16 Å². The second kappa shape index (κ2) is 3.96. The number of hydrogen-bond acceptors (Lipinski definition) is 4. The highest BCUT2D eigenvalue weighted by molar-refractivity contribution is 5.60. The third kappa shape index (κ3) is 5.47. The summed E-state index contributed by atoms with van der Waals surface area (Å²) >= 11 is 0. The second-order valence-electron chi connectivity index (χ2n) is 4.06. The van der Waals surface area contributed by atoms with Crippen LogP contribution in [-0.4, -0.2) is 31.1 Å². The summed E-state index contributed by atoms with van der Waals surface area (Å²) < 4.78 is 14.7. The van der Waals surface area contributed by atoms with E-state index in [9.17, 15) is 4.79 Å². The maximum atomic E-state index is 11.0. The van der Waals surface area contributed by atoms with Crippen molar-refractivity contribution in [3.8, 4) is 0 Å². The Morgan fingerprint density at radius 3 is 2.62 bits per heavy atom. The molecule has 0 aromatic heterocycles. The molecule has 13 heavy (non-hydrogen) atoms. The molecule has 1 saturated heterocycles. The largest absolute Gasteiger partial charge is 0.508 e. The van der Waals surface area contributed by atoms with Gasteiger partial charge < -0.3 is 14.2 Å². The van der Waals surface area contributed by atoms with Crippen molar-refractivity contribution in [2.45, 2.75) is 38.9 Å². The molecule has 1 rings (SSSR count). The number of hydrogen-bond donors (Lipinski definition) is 0. The van der Waals surface area contributed by atoms with E-state index in [1.807, 2.05) is 0 Å². The van der Waals surface area contributed by atoms with Crippen LogP contribution in [0.4, 0.5) is 4.79 Å². The molecule has 0 aromatic carbocycles. The van der Waals surface area contributed by atoms with E-state index in [0.717, 1.165) is 13.0 Å². The van der Waals surface area contributed by atoms with Crippen molar-refractivity contribution in [1.82, 2.24) is 0 Å². The van der Waals surface area contributed by atoms with Crippen LogP contribution >= 0.6 is 0 Å². The third-order valence-corrected chi connectivity index (χ3v) is 1.45. The van der Waals surface area contributed by atoms with Gasteiger partial charge >= 0.3 is 6.16 Å². The Morgan fingerprint density at radius 2 is 2.15 bits per heavy atom. The van der Waals surface area contributed by atoms with Crippen LogP contribution in [0.3, 0.4) is 0 Å². The van der Waals surface area contributed by atoms with Gasteiger partial charge in [0, 0.05) is 6.42 Å². The highest BCUT2D eigenvalue weighted by Crippen LogP contribution is 2.13. The first-order valence-electron chi connectivity index (χ1n) is 4.45. The number of carbonyl (C=O) groups excluding carboxylic acids is 1. The minimum atomic E-state index is -0.604. The van der Waals surface area contributed by atoms with Crippen molar-refractivity contribution in [2.75, 3.05) is 13.2 Å². The summed E-state index contributed by atoms with van der Waals surface area (Å²) in [5.74, 6) is 0. The van der Waals surface area contributed by atoms with Crippen molar-refractivity contribution < 1.29 is 19.0 Å². The van der Waals surface area contributed by atoms with Gasteiger partial charge in [-0.3, -0.25) is 0 Å². The standard InChI is InChI=1S/C9H16O4/c1-9(2,3)13-8(10)11-5-4-7-6-12-7/h7H,4-6H2,1-3H3. The summed E-state index contributed by atoms with van der Waals surface area (Å²) in [4.78, 5) is 11.0. The van der Waals surface area contributed by atoms with Gasteiger partial charge in [-0.05, 0) is 20.8 Å². The number of rotatable bonds is 3. The van der Waals surface area contributed by atoms with E-state index in [-0.39, 0.29) is 0 Å². The van der Waals surface area contributed by atoms with Crippen molar-refractivity contribution in [3.05, 3.63) is 0 Å². The monoisotopic (exact) mass is 188 g/mol. The van der Waals surface area contributed by atoms with Crippen LogP contribution in [0.5, 0.6) is 0 Å². The molecule has 4 heteroatoms. The van der Waals surface area contributed by atoms with Gasteiger partial charge in [0.2, 0.25) is 0 Å². The van der Waals surface area contributed by atoms with E-state index in [1.54, 1.807) is 20.8 Å². The summed E-state index contributed by atoms with van der Waals surface area (Å²) in [5.41, 5.74) is -0.479. The highest BCUT2D eigenvalue weighted by atomic mass is 16.7. The van der Waals surface area contributed by atoms with Gasteiger partial charge in [0.05, 0.1) is 19.3 Å². The van der Waals surface area contributed by atoms with Crippen LogP contribution in [0.1, 0.15) is 27.2 Å². The van der Waals surface area contributed by atoms with Gasteiger partial charge in [0.15, 0.2) is 0 Å². The van der Waals surface area contributed by atoms with E-state index < -0.39 is 11.8 Å². The lowest BCUT2D eigenvalue weighted by molar-refractivity contribution is -0.00804. The second-order valence-corrected chi connectivity index (χ2v) is 4.06. The molecule has 0 aliphatic carbocycles. The maximum Gasteiger partial charge on any atom is 0.508 e. The predicted octanol–water partition coefficient (Wildman–Crippen LogP) is 1.73. The molecule has 0 amide bonds. The van der Waals surface area contributed by atoms with Crippen molar-refractivity contribution in [2.24, 2.45) is 0 Å². The molecule has 1 fully saturated rings. The topological polar surface area (TPSA) is 48.1 Å². The molecule has 76 valence electrons. The Morgan fingerprint density at radius 1 is 1.54 bits per heavy atom. The van der Waals surface area contributed by atoms with Crippen LogP contribution in [-0.2, 0) is 14.2 Å². The molecule has 1 heterocycles. The molecule has 0 N–H and O–H groups in total. The molecular formula is C9H16O4. The zero-order chi connectivity index (χ0) is 9.90. The lowest BCUT2D eigenvalue weighted by Gasteiger charge is -2.18. The summed E-state index contributed by atoms with van der Waals surface area (Å²) in [6.07, 6.45) is 0.453. The maximum absolute atomic E-state index is 11.0. The van der Waals surface area contributed by atoms with Gasteiger partial charge in [-0.2, -0.15) is 0 Å². The average Bonchev–Trinajstić information content (AvgIpc) is 2.66. The van der Waals surface area contributed by atoms with Crippen molar-refractivity contribution in [3.63, 3.8) is 0 Å². The first-order chi connectivity index (χ1) is 5.97. The van der Waals surface area contributed by atoms with Crippen LogP contribution < -0.4 is 0 Å². The van der Waals surface area contributed by atoms with E-state index >= 15 is 0 Å². The molecule has 1 aliphatic rings. The molecule has 0 radical (unpaired) electrons. The molecule has 1 unspecified atom stereocenters. The van der Waals surface area contributed by atoms with Crippen LogP contribution in [0.2, 0.25) is 0 Å². The van der Waals surface area contributed by atoms with Crippen LogP contribution in [0.15, 0.2) is 0 Å². The average molecular weight is 188 g/mol. The first-order valence-corrected chi connectivity index (χ1v) is 4.45. The lowest BCUT2D eigenvalue weighted by atomic mass is 10.2. The first kappa shape index (κ1) is 10.3. The number of carbonyl (C=O) groups is 1. The normalized spacial score (nSPS) is 21.0. The minimum absolute atomic E-state index is 0.294. The Hall–Kier alpha value is -0.770. The quantitative estimate of drug-likeness (QED) is 0.500. The molecule has 4 nitrogen and oxygen atoms in total. The molecule has 0 saturated carbocycles. The summed E-state index contributed by atoms with van der Waals surface area (Å²) in [6, 6.07) is 0. The molecule has 1 atom stereocenters. The Bertz CT molecular complexity index is 179. The zero-order valence-corrected chi connectivity index (χ0v) is 8.33. The number of epoxide rings is 1. The Balaban J connectivity index is 2.02. The van der Waals surface area contributed by atoms with Gasteiger partial charge in [-0.1, -0.05) is 0 Å². The number of ether oxygens (including phenoxy) is 3. The van der Waals surface area contributed by atoms with Crippen molar-refractivity contribution in [1.29, 1.82) is 0 Å². The molecular weight excluding hydrogens is 172 g/mol. The Kier molecular flexibility index (Phi) is 3.14. The third-order valence-electron chi connectivity index (χ3n) is 1.45. The SMILES string of the molecule is CC(C)(C)OC(=O)OCCC1CO1. The summed E-state index contributed by atoms with van der Waals surface area (Å²) in [6.45, 7) is 6.58. The molecule has 0 bridgehead atoms.